The molecule has 5 nitrogen and oxygen atoms in total. The number of benzene rings is 1. The second-order valence-corrected chi connectivity index (χ2v) is 9.46. The van der Waals surface area contributed by atoms with E-state index in [1.807, 2.05) is 32.6 Å². The third kappa shape index (κ3) is 4.69. The lowest BCUT2D eigenvalue weighted by molar-refractivity contribution is -0.0157. The number of carbonyl (C=O) groups excluding carboxylic acids is 1. The molecule has 0 spiro atoms. The van der Waals surface area contributed by atoms with Gasteiger partial charge in [0.25, 0.3) is 0 Å². The normalized spacial score (nSPS) is 22.0. The van der Waals surface area contributed by atoms with Crippen LogP contribution in [0.25, 0.3) is 0 Å². The van der Waals surface area contributed by atoms with Crippen molar-refractivity contribution in [2.24, 2.45) is 5.73 Å². The van der Waals surface area contributed by atoms with Gasteiger partial charge in [0.05, 0.1) is 0 Å². The largest absolute Gasteiger partial charge is 0.444 e. The fourth-order valence-electron chi connectivity index (χ4n) is 4.66. The Bertz CT molecular complexity index is 649. The van der Waals surface area contributed by atoms with Gasteiger partial charge in [-0.25, -0.2) is 4.79 Å². The van der Waals surface area contributed by atoms with Gasteiger partial charge in [-0.05, 0) is 51.7 Å². The molecule has 1 aromatic carbocycles. The summed E-state index contributed by atoms with van der Waals surface area (Å²) in [4.78, 5) is 16.9. The Hall–Kier alpha value is -1.59. The molecule has 1 saturated heterocycles. The van der Waals surface area contributed by atoms with Gasteiger partial charge in [0, 0.05) is 37.8 Å². The molecule has 1 atom stereocenters. The van der Waals surface area contributed by atoms with Gasteiger partial charge in [-0.3, -0.25) is 4.90 Å². The highest BCUT2D eigenvalue weighted by Gasteiger charge is 2.41. The van der Waals surface area contributed by atoms with Crippen LogP contribution in [-0.4, -0.2) is 47.7 Å². The molecule has 0 radical (unpaired) electrons. The van der Waals surface area contributed by atoms with Crippen molar-refractivity contribution in [1.82, 2.24) is 9.80 Å². The average molecular weight is 388 g/mol. The molecular weight excluding hydrogens is 350 g/mol. The van der Waals surface area contributed by atoms with Crippen LogP contribution in [0.5, 0.6) is 0 Å². The predicted molar refractivity (Wildman–Crippen MR) is 113 cm³/mol. The van der Waals surface area contributed by atoms with E-state index in [0.29, 0.717) is 0 Å². The number of amides is 1. The Morgan fingerprint density at radius 3 is 2.11 bits per heavy atom. The van der Waals surface area contributed by atoms with Crippen molar-refractivity contribution < 1.29 is 9.53 Å². The molecule has 1 aliphatic carbocycles. The molecule has 156 valence electrons. The molecule has 1 aliphatic heterocycles. The van der Waals surface area contributed by atoms with Crippen molar-refractivity contribution in [2.75, 3.05) is 26.2 Å². The van der Waals surface area contributed by atoms with Crippen molar-refractivity contribution in [3.8, 4) is 0 Å². The minimum absolute atomic E-state index is 0.0636. The van der Waals surface area contributed by atoms with Gasteiger partial charge in [0.2, 0.25) is 0 Å². The van der Waals surface area contributed by atoms with Crippen LogP contribution < -0.4 is 5.73 Å². The van der Waals surface area contributed by atoms with Gasteiger partial charge in [-0.2, -0.15) is 0 Å². The number of nitrogens with two attached hydrogens (primary N) is 1. The fourth-order valence-corrected chi connectivity index (χ4v) is 4.66. The minimum atomic E-state index is -0.444. The summed E-state index contributed by atoms with van der Waals surface area (Å²) < 4.78 is 5.56. The Morgan fingerprint density at radius 1 is 1.04 bits per heavy atom. The van der Waals surface area contributed by atoms with Crippen LogP contribution in [0.15, 0.2) is 24.3 Å². The standard InChI is InChI=1S/C23H37N3O2/c1-18(24)19-8-10-20(11-9-19)23(12-6-5-7-13-23)26-16-14-25(15-17-26)21(27)28-22(2,3)4/h8-11,18H,5-7,12-17,24H2,1-4H3/t18-/m0/s1. The first-order valence-electron chi connectivity index (χ1n) is 10.8. The number of piperazine rings is 1. The second-order valence-electron chi connectivity index (χ2n) is 9.46. The van der Waals surface area contributed by atoms with Crippen molar-refractivity contribution in [3.63, 3.8) is 0 Å². The summed E-state index contributed by atoms with van der Waals surface area (Å²) in [5.41, 5.74) is 8.28. The summed E-state index contributed by atoms with van der Waals surface area (Å²) in [6.07, 6.45) is 6.04. The summed E-state index contributed by atoms with van der Waals surface area (Å²) in [5, 5.41) is 0. The second kappa shape index (κ2) is 8.42. The van der Waals surface area contributed by atoms with E-state index in [2.05, 4.69) is 29.2 Å². The Labute approximate surface area is 170 Å². The van der Waals surface area contributed by atoms with E-state index in [1.54, 1.807) is 0 Å². The first-order valence-corrected chi connectivity index (χ1v) is 10.8. The van der Waals surface area contributed by atoms with Crippen LogP contribution in [-0.2, 0) is 10.3 Å². The van der Waals surface area contributed by atoms with E-state index in [4.69, 9.17) is 10.5 Å². The number of nitrogens with zero attached hydrogens (tertiary/aromatic N) is 2. The van der Waals surface area contributed by atoms with E-state index in [-0.39, 0.29) is 17.7 Å². The van der Waals surface area contributed by atoms with E-state index < -0.39 is 5.60 Å². The lowest BCUT2D eigenvalue weighted by Gasteiger charge is -2.50. The van der Waals surface area contributed by atoms with Gasteiger partial charge in [0.15, 0.2) is 0 Å². The van der Waals surface area contributed by atoms with Crippen molar-refractivity contribution in [1.29, 1.82) is 0 Å². The zero-order valence-electron chi connectivity index (χ0n) is 18.0. The molecule has 1 aromatic rings. The number of hydrogen-bond donors (Lipinski definition) is 1. The first-order chi connectivity index (χ1) is 13.2. The van der Waals surface area contributed by atoms with Crippen molar-refractivity contribution in [3.05, 3.63) is 35.4 Å². The van der Waals surface area contributed by atoms with Crippen LogP contribution in [0.4, 0.5) is 4.79 Å². The van der Waals surface area contributed by atoms with E-state index in [9.17, 15) is 4.79 Å². The molecule has 3 rings (SSSR count). The Morgan fingerprint density at radius 2 is 1.61 bits per heavy atom. The summed E-state index contributed by atoms with van der Waals surface area (Å²) in [7, 11) is 0. The molecule has 1 saturated carbocycles. The van der Waals surface area contributed by atoms with E-state index in [0.717, 1.165) is 26.2 Å². The molecule has 28 heavy (non-hydrogen) atoms. The average Bonchev–Trinajstić information content (AvgIpc) is 2.67. The Balaban J connectivity index is 1.74. The maximum absolute atomic E-state index is 12.4. The third-order valence-corrected chi connectivity index (χ3v) is 6.19. The van der Waals surface area contributed by atoms with Gasteiger partial charge >= 0.3 is 6.09 Å². The van der Waals surface area contributed by atoms with Gasteiger partial charge < -0.3 is 15.4 Å². The van der Waals surface area contributed by atoms with Crippen LogP contribution in [0.2, 0.25) is 0 Å². The maximum atomic E-state index is 12.4. The predicted octanol–water partition coefficient (Wildman–Crippen LogP) is 4.42. The van der Waals surface area contributed by atoms with Gasteiger partial charge in [-0.1, -0.05) is 43.5 Å². The molecule has 2 N–H and O–H groups in total. The van der Waals surface area contributed by atoms with Gasteiger partial charge in [0.1, 0.15) is 5.60 Å². The molecule has 2 aliphatic rings. The highest BCUT2D eigenvalue weighted by molar-refractivity contribution is 5.68. The lowest BCUT2D eigenvalue weighted by atomic mass is 9.74. The number of hydrogen-bond acceptors (Lipinski definition) is 4. The fraction of sp³-hybridized carbons (Fsp3) is 0.696. The molecule has 1 heterocycles. The molecular formula is C23H37N3O2. The molecule has 5 heteroatoms. The van der Waals surface area contributed by atoms with Crippen LogP contribution in [0.1, 0.15) is 77.0 Å². The van der Waals surface area contributed by atoms with Gasteiger partial charge in [-0.15, -0.1) is 0 Å². The minimum Gasteiger partial charge on any atom is -0.444 e. The molecule has 0 bridgehead atoms. The maximum Gasteiger partial charge on any atom is 0.410 e. The Kier molecular flexibility index (Phi) is 6.35. The topological polar surface area (TPSA) is 58.8 Å². The zero-order chi connectivity index (χ0) is 20.4. The molecule has 0 unspecified atom stereocenters. The van der Waals surface area contributed by atoms with E-state index >= 15 is 0 Å². The summed E-state index contributed by atoms with van der Waals surface area (Å²) in [5.74, 6) is 0. The number of rotatable bonds is 3. The van der Waals surface area contributed by atoms with Crippen LogP contribution in [0.3, 0.4) is 0 Å². The molecule has 0 aromatic heterocycles. The van der Waals surface area contributed by atoms with Crippen molar-refractivity contribution >= 4 is 6.09 Å². The summed E-state index contributed by atoms with van der Waals surface area (Å²) >= 11 is 0. The summed E-state index contributed by atoms with van der Waals surface area (Å²) in [6.45, 7) is 11.0. The molecule has 1 amide bonds. The van der Waals surface area contributed by atoms with E-state index in [1.165, 1.54) is 43.2 Å². The first kappa shape index (κ1) is 21.1. The quantitative estimate of drug-likeness (QED) is 0.834. The number of carbonyl (C=O) groups is 1. The monoisotopic (exact) mass is 387 g/mol. The number of ether oxygens (including phenoxy) is 1. The zero-order valence-corrected chi connectivity index (χ0v) is 18.0. The SMILES string of the molecule is C[C@H](N)c1ccc(C2(N3CCN(C(=O)OC(C)(C)C)CC3)CCCCC2)cc1. The highest BCUT2D eigenvalue weighted by atomic mass is 16.6. The van der Waals surface area contributed by atoms with Crippen LogP contribution >= 0.6 is 0 Å². The third-order valence-electron chi connectivity index (χ3n) is 6.19. The highest BCUT2D eigenvalue weighted by Crippen LogP contribution is 2.43. The van der Waals surface area contributed by atoms with Crippen molar-refractivity contribution in [2.45, 2.75) is 77.0 Å². The summed E-state index contributed by atoms with van der Waals surface area (Å²) in [6, 6.07) is 9.00. The molecule has 2 fully saturated rings. The smallest absolute Gasteiger partial charge is 0.410 e. The van der Waals surface area contributed by atoms with Crippen LogP contribution in [0, 0.1) is 0 Å². The lowest BCUT2D eigenvalue weighted by Crippen LogP contribution is -2.57.